The molecule has 4 heteroatoms. The number of hydrogen-bond acceptors (Lipinski definition) is 1. The number of carbonyl (C=O) groups excluding carboxylic acids is 1. The Kier molecular flexibility index (Phi) is 2.38. The van der Waals surface area contributed by atoms with E-state index in [1.54, 1.807) is 0 Å². The summed E-state index contributed by atoms with van der Waals surface area (Å²) in [4.78, 5) is 10.5. The van der Waals surface area contributed by atoms with Gasteiger partial charge in [-0.15, -0.1) is 0 Å². The van der Waals surface area contributed by atoms with Crippen LogP contribution in [0.3, 0.4) is 0 Å². The Morgan fingerprint density at radius 3 is 2.83 bits per heavy atom. The van der Waals surface area contributed by atoms with E-state index in [0.717, 1.165) is 12.1 Å². The van der Waals surface area contributed by atoms with Crippen LogP contribution in [0.1, 0.15) is 12.6 Å². The van der Waals surface area contributed by atoms with Crippen LogP contribution in [-0.2, 0) is 13.5 Å². The SMILES string of the molecule is CCc1cc(NC(N)=O)cn1C. The highest BCUT2D eigenvalue weighted by Crippen LogP contribution is 2.12. The third-order valence-electron chi connectivity index (χ3n) is 1.74. The smallest absolute Gasteiger partial charge is 0.316 e. The predicted molar refractivity (Wildman–Crippen MR) is 48.0 cm³/mol. The number of amides is 2. The molecule has 0 radical (unpaired) electrons. The van der Waals surface area contributed by atoms with Gasteiger partial charge in [0.1, 0.15) is 0 Å². The lowest BCUT2D eigenvalue weighted by atomic mass is 10.3. The van der Waals surface area contributed by atoms with Gasteiger partial charge in [-0.05, 0) is 12.5 Å². The minimum Gasteiger partial charge on any atom is -0.352 e. The molecule has 0 unspecified atom stereocenters. The van der Waals surface area contributed by atoms with Crippen LogP contribution in [0.15, 0.2) is 12.3 Å². The number of primary amides is 1. The normalized spacial score (nSPS) is 9.83. The fraction of sp³-hybridized carbons (Fsp3) is 0.375. The average Bonchev–Trinajstić information content (AvgIpc) is 2.29. The maximum Gasteiger partial charge on any atom is 0.316 e. The van der Waals surface area contributed by atoms with Gasteiger partial charge in [-0.25, -0.2) is 4.79 Å². The van der Waals surface area contributed by atoms with Gasteiger partial charge in [0.25, 0.3) is 0 Å². The Bertz CT molecular complexity index is 290. The van der Waals surface area contributed by atoms with Gasteiger partial charge in [-0.1, -0.05) is 6.92 Å². The first-order valence-electron chi connectivity index (χ1n) is 3.85. The summed E-state index contributed by atoms with van der Waals surface area (Å²) in [5, 5.41) is 2.52. The van der Waals surface area contributed by atoms with Gasteiger partial charge in [0.05, 0.1) is 5.69 Å². The van der Waals surface area contributed by atoms with Crippen LogP contribution in [0.5, 0.6) is 0 Å². The first-order valence-corrected chi connectivity index (χ1v) is 3.85. The zero-order chi connectivity index (χ0) is 9.14. The van der Waals surface area contributed by atoms with E-state index >= 15 is 0 Å². The fourth-order valence-electron chi connectivity index (χ4n) is 1.17. The van der Waals surface area contributed by atoms with Crippen LogP contribution in [0.2, 0.25) is 0 Å². The van der Waals surface area contributed by atoms with Crippen LogP contribution in [-0.4, -0.2) is 10.6 Å². The Morgan fingerprint density at radius 2 is 2.42 bits per heavy atom. The molecule has 4 nitrogen and oxygen atoms in total. The first kappa shape index (κ1) is 8.64. The van der Waals surface area contributed by atoms with E-state index in [1.165, 1.54) is 5.69 Å². The van der Waals surface area contributed by atoms with Crippen molar-refractivity contribution in [2.75, 3.05) is 5.32 Å². The number of nitrogens with two attached hydrogens (primary N) is 1. The molecule has 0 aliphatic rings. The van der Waals surface area contributed by atoms with Gasteiger partial charge < -0.3 is 15.6 Å². The van der Waals surface area contributed by atoms with Crippen molar-refractivity contribution < 1.29 is 4.79 Å². The number of nitrogens with zero attached hydrogens (tertiary/aromatic N) is 1. The fourth-order valence-corrected chi connectivity index (χ4v) is 1.17. The summed E-state index contributed by atoms with van der Waals surface area (Å²) in [6, 6.07) is 1.38. The van der Waals surface area contributed by atoms with Gasteiger partial charge in [0.15, 0.2) is 0 Å². The molecule has 0 atom stereocenters. The number of nitrogens with one attached hydrogen (secondary N) is 1. The molecule has 1 aromatic rings. The number of carbonyl (C=O) groups is 1. The Balaban J connectivity index is 2.82. The molecule has 2 amide bonds. The highest BCUT2D eigenvalue weighted by atomic mass is 16.2. The summed E-state index contributed by atoms with van der Waals surface area (Å²) in [5.41, 5.74) is 6.88. The van der Waals surface area contributed by atoms with E-state index in [-0.39, 0.29) is 0 Å². The van der Waals surface area contributed by atoms with Crippen LogP contribution < -0.4 is 11.1 Å². The van der Waals surface area contributed by atoms with Crippen molar-refractivity contribution in [1.29, 1.82) is 0 Å². The van der Waals surface area contributed by atoms with E-state index in [0.29, 0.717) is 0 Å². The lowest BCUT2D eigenvalue weighted by Gasteiger charge is -1.95. The van der Waals surface area contributed by atoms with Gasteiger partial charge in [0.2, 0.25) is 0 Å². The molecule has 0 saturated heterocycles. The Morgan fingerprint density at radius 1 is 1.75 bits per heavy atom. The minimum absolute atomic E-state index is 0.525. The standard InChI is InChI=1S/C8H13N3O/c1-3-7-4-6(5-11(7)2)10-8(9)12/h4-5H,3H2,1-2H3,(H3,9,10,12). The topological polar surface area (TPSA) is 60.0 Å². The van der Waals surface area contributed by atoms with Crippen molar-refractivity contribution >= 4 is 11.7 Å². The molecule has 3 N–H and O–H groups in total. The van der Waals surface area contributed by atoms with Crippen molar-refractivity contribution in [3.8, 4) is 0 Å². The number of urea groups is 1. The Labute approximate surface area is 71.4 Å². The van der Waals surface area contributed by atoms with Crippen LogP contribution in [0.25, 0.3) is 0 Å². The zero-order valence-electron chi connectivity index (χ0n) is 7.29. The number of rotatable bonds is 2. The summed E-state index contributed by atoms with van der Waals surface area (Å²) in [6.07, 6.45) is 2.78. The molecule has 0 saturated carbocycles. The second-order valence-corrected chi connectivity index (χ2v) is 2.67. The molecule has 12 heavy (non-hydrogen) atoms. The number of aryl methyl sites for hydroxylation is 2. The summed E-state index contributed by atoms with van der Waals surface area (Å²) >= 11 is 0. The third kappa shape index (κ3) is 1.78. The Hall–Kier alpha value is -1.45. The molecule has 0 aliphatic heterocycles. The quantitative estimate of drug-likeness (QED) is 0.680. The highest BCUT2D eigenvalue weighted by molar-refractivity contribution is 5.87. The summed E-state index contributed by atoms with van der Waals surface area (Å²) in [5.74, 6) is 0. The molecule has 1 heterocycles. The van der Waals surface area contributed by atoms with Gasteiger partial charge >= 0.3 is 6.03 Å². The first-order chi connectivity index (χ1) is 5.63. The molecule has 0 aliphatic carbocycles. The van der Waals surface area contributed by atoms with E-state index in [1.807, 2.05) is 23.9 Å². The van der Waals surface area contributed by atoms with Gasteiger partial charge in [0, 0.05) is 18.9 Å². The molecule has 0 aromatic carbocycles. The number of anilines is 1. The van der Waals surface area contributed by atoms with Gasteiger partial charge in [-0.3, -0.25) is 0 Å². The molecule has 1 aromatic heterocycles. The molecule has 0 bridgehead atoms. The average molecular weight is 167 g/mol. The zero-order valence-corrected chi connectivity index (χ0v) is 7.29. The second-order valence-electron chi connectivity index (χ2n) is 2.67. The van der Waals surface area contributed by atoms with Crippen molar-refractivity contribution in [1.82, 2.24) is 4.57 Å². The lowest BCUT2D eigenvalue weighted by molar-refractivity contribution is 0.259. The molecule has 0 fully saturated rings. The van der Waals surface area contributed by atoms with E-state index in [4.69, 9.17) is 5.73 Å². The third-order valence-corrected chi connectivity index (χ3v) is 1.74. The minimum atomic E-state index is -0.525. The largest absolute Gasteiger partial charge is 0.352 e. The van der Waals surface area contributed by atoms with Crippen molar-refractivity contribution in [3.63, 3.8) is 0 Å². The van der Waals surface area contributed by atoms with Crippen molar-refractivity contribution in [3.05, 3.63) is 18.0 Å². The maximum atomic E-state index is 10.5. The van der Waals surface area contributed by atoms with E-state index in [2.05, 4.69) is 12.2 Å². The lowest BCUT2D eigenvalue weighted by Crippen LogP contribution is -2.18. The monoisotopic (exact) mass is 167 g/mol. The van der Waals surface area contributed by atoms with Gasteiger partial charge in [-0.2, -0.15) is 0 Å². The summed E-state index contributed by atoms with van der Waals surface area (Å²) in [7, 11) is 1.94. The molecular formula is C8H13N3O. The molecule has 1 rings (SSSR count). The second kappa shape index (κ2) is 3.30. The predicted octanol–water partition coefficient (Wildman–Crippen LogP) is 1.08. The maximum absolute atomic E-state index is 10.5. The summed E-state index contributed by atoms with van der Waals surface area (Å²) < 4.78 is 1.96. The van der Waals surface area contributed by atoms with Crippen molar-refractivity contribution in [2.45, 2.75) is 13.3 Å². The van der Waals surface area contributed by atoms with E-state index < -0.39 is 6.03 Å². The highest BCUT2D eigenvalue weighted by Gasteiger charge is 2.01. The van der Waals surface area contributed by atoms with E-state index in [9.17, 15) is 4.79 Å². The number of aromatic nitrogens is 1. The molecule has 66 valence electrons. The summed E-state index contributed by atoms with van der Waals surface area (Å²) in [6.45, 7) is 2.06. The van der Waals surface area contributed by atoms with Crippen molar-refractivity contribution in [2.24, 2.45) is 12.8 Å². The van der Waals surface area contributed by atoms with Crippen LogP contribution in [0, 0.1) is 0 Å². The molecular weight excluding hydrogens is 154 g/mol. The van der Waals surface area contributed by atoms with Crippen LogP contribution >= 0.6 is 0 Å². The van der Waals surface area contributed by atoms with Crippen LogP contribution in [0.4, 0.5) is 10.5 Å². The molecule has 0 spiro atoms. The number of hydrogen-bond donors (Lipinski definition) is 2.